The molecule has 2 nitrogen and oxygen atoms in total. The molecule has 0 aliphatic rings. The van der Waals surface area contributed by atoms with E-state index in [1.807, 2.05) is 7.05 Å². The average Bonchev–Trinajstić information content (AvgIpc) is 2.51. The van der Waals surface area contributed by atoms with Crippen molar-refractivity contribution >= 4 is 32.3 Å². The number of rotatable bonds is 6. The quantitative estimate of drug-likeness (QED) is 0.771. The molecule has 0 saturated carbocycles. The van der Waals surface area contributed by atoms with Crippen molar-refractivity contribution in [2.75, 3.05) is 25.5 Å². The summed E-state index contributed by atoms with van der Waals surface area (Å²) in [5.41, 5.74) is 0. The van der Waals surface area contributed by atoms with Gasteiger partial charge in [0.05, 0.1) is 8.79 Å². The van der Waals surface area contributed by atoms with Gasteiger partial charge in [-0.25, -0.2) is 0 Å². The van der Waals surface area contributed by atoms with Crippen LogP contribution < -0.4 is 10.6 Å². The van der Waals surface area contributed by atoms with Gasteiger partial charge in [-0.3, -0.25) is 0 Å². The number of nitrogens with one attached hydrogen (secondary N) is 2. The summed E-state index contributed by atoms with van der Waals surface area (Å²) in [6, 6.07) is 4.17. The number of hydrogen-bond donors (Lipinski definition) is 2. The maximum absolute atomic E-state index is 3.43. The minimum atomic E-state index is 1.06. The van der Waals surface area contributed by atoms with Crippen LogP contribution in [0.2, 0.25) is 0 Å². The SMILES string of the molecule is CNCCCCNc1ccc(Br)s1. The van der Waals surface area contributed by atoms with E-state index in [0.717, 1.165) is 13.1 Å². The van der Waals surface area contributed by atoms with Crippen LogP contribution in [0.25, 0.3) is 0 Å². The Bertz CT molecular complexity index is 237. The summed E-state index contributed by atoms with van der Waals surface area (Å²) in [6.45, 7) is 2.17. The van der Waals surface area contributed by atoms with Gasteiger partial charge in [-0.15, -0.1) is 11.3 Å². The van der Waals surface area contributed by atoms with Crippen molar-refractivity contribution in [3.05, 3.63) is 15.9 Å². The molecular weight excluding hydrogens is 248 g/mol. The zero-order chi connectivity index (χ0) is 9.52. The van der Waals surface area contributed by atoms with Crippen LogP contribution in [0.1, 0.15) is 12.8 Å². The molecule has 0 fully saturated rings. The van der Waals surface area contributed by atoms with Crippen molar-refractivity contribution in [1.82, 2.24) is 5.32 Å². The first-order valence-corrected chi connectivity index (χ1v) is 6.07. The third-order valence-electron chi connectivity index (χ3n) is 1.73. The number of halogens is 1. The fourth-order valence-corrected chi connectivity index (χ4v) is 2.36. The van der Waals surface area contributed by atoms with Gasteiger partial charge < -0.3 is 10.6 Å². The zero-order valence-electron chi connectivity index (χ0n) is 7.77. The standard InChI is InChI=1S/C9H15BrN2S/c1-11-6-2-3-7-12-9-5-4-8(10)13-9/h4-5,11-12H,2-3,6-7H2,1H3. The van der Waals surface area contributed by atoms with Crippen molar-refractivity contribution in [1.29, 1.82) is 0 Å². The van der Waals surface area contributed by atoms with Gasteiger partial charge in [0.1, 0.15) is 0 Å². The van der Waals surface area contributed by atoms with Gasteiger partial charge in [-0.05, 0) is 54.5 Å². The molecule has 4 heteroatoms. The Morgan fingerprint density at radius 3 is 2.69 bits per heavy atom. The van der Waals surface area contributed by atoms with E-state index in [1.165, 1.54) is 21.6 Å². The highest BCUT2D eigenvalue weighted by Gasteiger charge is 1.95. The first-order chi connectivity index (χ1) is 6.33. The maximum atomic E-state index is 3.43. The Morgan fingerprint density at radius 2 is 2.08 bits per heavy atom. The summed E-state index contributed by atoms with van der Waals surface area (Å²) in [6.07, 6.45) is 2.45. The highest BCUT2D eigenvalue weighted by atomic mass is 79.9. The van der Waals surface area contributed by atoms with E-state index in [1.54, 1.807) is 11.3 Å². The van der Waals surface area contributed by atoms with Crippen molar-refractivity contribution in [3.8, 4) is 0 Å². The smallest absolute Gasteiger partial charge is 0.0894 e. The molecule has 0 spiro atoms. The number of anilines is 1. The van der Waals surface area contributed by atoms with Crippen molar-refractivity contribution in [2.24, 2.45) is 0 Å². The fourth-order valence-electron chi connectivity index (χ4n) is 1.05. The number of unbranched alkanes of at least 4 members (excludes halogenated alkanes) is 1. The lowest BCUT2D eigenvalue weighted by atomic mass is 10.3. The first-order valence-electron chi connectivity index (χ1n) is 4.47. The topological polar surface area (TPSA) is 24.1 Å². The van der Waals surface area contributed by atoms with E-state index in [0.29, 0.717) is 0 Å². The first kappa shape index (κ1) is 11.0. The Kier molecular flexibility index (Phi) is 5.43. The lowest BCUT2D eigenvalue weighted by Crippen LogP contribution is -2.09. The van der Waals surface area contributed by atoms with Crippen LogP contribution in [0.15, 0.2) is 15.9 Å². The van der Waals surface area contributed by atoms with Gasteiger partial charge in [0, 0.05) is 6.54 Å². The molecule has 0 amide bonds. The minimum absolute atomic E-state index is 1.06. The minimum Gasteiger partial charge on any atom is -0.377 e. The summed E-state index contributed by atoms with van der Waals surface area (Å²) in [5, 5.41) is 7.77. The second kappa shape index (κ2) is 6.40. The van der Waals surface area contributed by atoms with Crippen LogP contribution in [-0.4, -0.2) is 20.1 Å². The molecule has 0 aliphatic carbocycles. The van der Waals surface area contributed by atoms with E-state index in [-0.39, 0.29) is 0 Å². The van der Waals surface area contributed by atoms with Crippen LogP contribution in [0.4, 0.5) is 5.00 Å². The number of thiophene rings is 1. The number of hydrogen-bond acceptors (Lipinski definition) is 3. The van der Waals surface area contributed by atoms with Gasteiger partial charge in [0.2, 0.25) is 0 Å². The molecule has 1 heterocycles. The van der Waals surface area contributed by atoms with Gasteiger partial charge in [-0.2, -0.15) is 0 Å². The fraction of sp³-hybridized carbons (Fsp3) is 0.556. The molecular formula is C9H15BrN2S. The zero-order valence-corrected chi connectivity index (χ0v) is 10.2. The van der Waals surface area contributed by atoms with Crippen LogP contribution >= 0.6 is 27.3 Å². The Labute approximate surface area is 91.9 Å². The third-order valence-corrected chi connectivity index (χ3v) is 3.31. The predicted molar refractivity (Wildman–Crippen MR) is 63.7 cm³/mol. The van der Waals surface area contributed by atoms with Gasteiger partial charge >= 0.3 is 0 Å². The van der Waals surface area contributed by atoms with Gasteiger partial charge in [0.25, 0.3) is 0 Å². The summed E-state index contributed by atoms with van der Waals surface area (Å²) >= 11 is 5.18. The lowest BCUT2D eigenvalue weighted by Gasteiger charge is -2.02. The van der Waals surface area contributed by atoms with Crippen LogP contribution in [-0.2, 0) is 0 Å². The molecule has 1 rings (SSSR count). The summed E-state index contributed by atoms with van der Waals surface area (Å²) in [4.78, 5) is 0. The second-order valence-electron chi connectivity index (χ2n) is 2.84. The predicted octanol–water partition coefficient (Wildman–Crippen LogP) is 2.92. The molecule has 0 saturated heterocycles. The third kappa shape index (κ3) is 4.64. The highest BCUT2D eigenvalue weighted by Crippen LogP contribution is 2.26. The van der Waals surface area contributed by atoms with Crippen molar-refractivity contribution in [2.45, 2.75) is 12.8 Å². The van der Waals surface area contributed by atoms with E-state index in [4.69, 9.17) is 0 Å². The summed E-state index contributed by atoms with van der Waals surface area (Å²) in [7, 11) is 1.99. The van der Waals surface area contributed by atoms with Gasteiger partial charge in [-0.1, -0.05) is 0 Å². The average molecular weight is 263 g/mol. The molecule has 0 atom stereocenters. The van der Waals surface area contributed by atoms with E-state index < -0.39 is 0 Å². The lowest BCUT2D eigenvalue weighted by molar-refractivity contribution is 0.695. The molecule has 1 aromatic heterocycles. The molecule has 0 radical (unpaired) electrons. The van der Waals surface area contributed by atoms with Gasteiger partial charge in [0.15, 0.2) is 0 Å². The van der Waals surface area contributed by atoms with Crippen molar-refractivity contribution in [3.63, 3.8) is 0 Å². The highest BCUT2D eigenvalue weighted by molar-refractivity contribution is 9.11. The van der Waals surface area contributed by atoms with E-state index in [9.17, 15) is 0 Å². The Morgan fingerprint density at radius 1 is 1.31 bits per heavy atom. The molecule has 2 N–H and O–H groups in total. The molecule has 1 aromatic rings. The molecule has 0 unspecified atom stereocenters. The monoisotopic (exact) mass is 262 g/mol. The van der Waals surface area contributed by atoms with Crippen molar-refractivity contribution < 1.29 is 0 Å². The molecule has 13 heavy (non-hydrogen) atoms. The Hall–Kier alpha value is -0.0600. The summed E-state index contributed by atoms with van der Waals surface area (Å²) < 4.78 is 1.19. The Balaban J connectivity index is 2.06. The van der Waals surface area contributed by atoms with Crippen LogP contribution in [0, 0.1) is 0 Å². The molecule has 0 aliphatic heterocycles. The largest absolute Gasteiger partial charge is 0.377 e. The molecule has 0 aromatic carbocycles. The maximum Gasteiger partial charge on any atom is 0.0894 e. The normalized spacial score (nSPS) is 10.3. The van der Waals surface area contributed by atoms with Crippen LogP contribution in [0.3, 0.4) is 0 Å². The van der Waals surface area contributed by atoms with E-state index >= 15 is 0 Å². The molecule has 0 bridgehead atoms. The second-order valence-corrected chi connectivity index (χ2v) is 5.30. The molecule has 74 valence electrons. The summed E-state index contributed by atoms with van der Waals surface area (Å²) in [5.74, 6) is 0. The van der Waals surface area contributed by atoms with Crippen LogP contribution in [0.5, 0.6) is 0 Å². The van der Waals surface area contributed by atoms with E-state index in [2.05, 4.69) is 38.7 Å².